The zero-order valence-electron chi connectivity index (χ0n) is 19.9. The summed E-state index contributed by atoms with van der Waals surface area (Å²) in [6.45, 7) is 7.94. The van der Waals surface area contributed by atoms with Crippen molar-refractivity contribution >= 4 is 30.3 Å². The van der Waals surface area contributed by atoms with Crippen molar-refractivity contribution in [2.75, 3.05) is 7.11 Å². The second kappa shape index (κ2) is 13.9. The Labute approximate surface area is 191 Å². The minimum atomic E-state index is -3.35. The van der Waals surface area contributed by atoms with E-state index in [0.717, 1.165) is 51.8 Å². The fourth-order valence-electron chi connectivity index (χ4n) is 3.94. The Bertz CT molecular complexity index is 701. The van der Waals surface area contributed by atoms with Gasteiger partial charge in [0.05, 0.1) is 0 Å². The molecule has 0 aromatic heterocycles. The van der Waals surface area contributed by atoms with Crippen LogP contribution in [0.15, 0.2) is 40.3 Å². The van der Waals surface area contributed by atoms with Gasteiger partial charge in [0.25, 0.3) is 0 Å². The third-order valence-electron chi connectivity index (χ3n) is 5.97. The van der Waals surface area contributed by atoms with Crippen LogP contribution in [0.1, 0.15) is 76.6 Å². The van der Waals surface area contributed by atoms with Crippen LogP contribution in [0, 0.1) is 0 Å². The summed E-state index contributed by atoms with van der Waals surface area (Å²) >= 11 is -3.35. The molecule has 0 radical (unpaired) electrons. The standard InChI is InChI=1S/C13H13FNO3.3C4H9.Sn/c1-13(8-9-14,12(17)18-2)15-11(16)10-6-4-3-5-7-10;3*1-3-4-2;/h3-8H,1-2H3,(H,15,16);3*1,3-4H2,2H3;/t13-;;;;/m1..../s1. The van der Waals surface area contributed by atoms with Crippen molar-refractivity contribution in [3.05, 3.63) is 45.8 Å². The average molecular weight is 540 g/mol. The molecule has 6 heteroatoms. The van der Waals surface area contributed by atoms with E-state index in [1.807, 2.05) is 6.07 Å². The molecule has 1 aromatic rings. The summed E-state index contributed by atoms with van der Waals surface area (Å²) in [6.07, 6.45) is 7.51. The first kappa shape index (κ1) is 27.7. The Hall–Kier alpha value is -1.37. The third kappa shape index (κ3) is 8.24. The molecule has 0 saturated heterocycles. The summed E-state index contributed by atoms with van der Waals surface area (Å²) in [7, 11) is 1.27. The molecule has 1 atom stereocenters. The van der Waals surface area contributed by atoms with Crippen LogP contribution in [0.2, 0.25) is 13.3 Å². The summed E-state index contributed by atoms with van der Waals surface area (Å²) in [4.78, 5) is 25.5. The molecule has 1 amide bonds. The van der Waals surface area contributed by atoms with Crippen molar-refractivity contribution in [3.8, 4) is 0 Å². The van der Waals surface area contributed by atoms with Gasteiger partial charge in [0.1, 0.15) is 0 Å². The molecule has 0 spiro atoms. The first-order chi connectivity index (χ1) is 14.8. The molecular formula is C25H40FNO3Sn. The molecular weight excluding hydrogens is 500 g/mol. The van der Waals surface area contributed by atoms with E-state index in [2.05, 4.69) is 26.1 Å². The number of carbonyl (C=O) groups excluding carboxylic acids is 2. The van der Waals surface area contributed by atoms with Crippen LogP contribution in [0.4, 0.5) is 4.39 Å². The molecule has 0 unspecified atom stereocenters. The molecule has 0 saturated carbocycles. The molecule has 0 heterocycles. The van der Waals surface area contributed by atoms with E-state index in [4.69, 9.17) is 4.74 Å². The van der Waals surface area contributed by atoms with Gasteiger partial charge in [-0.2, -0.15) is 0 Å². The van der Waals surface area contributed by atoms with Crippen LogP contribution in [0.3, 0.4) is 0 Å². The molecule has 0 bridgehead atoms. The van der Waals surface area contributed by atoms with Crippen LogP contribution in [0.5, 0.6) is 0 Å². The van der Waals surface area contributed by atoms with Gasteiger partial charge in [-0.15, -0.1) is 0 Å². The molecule has 174 valence electrons. The number of nitrogens with one attached hydrogen (secondary N) is 1. The number of carbonyl (C=O) groups is 2. The summed E-state index contributed by atoms with van der Waals surface area (Å²) in [5.74, 6) is -1.08. The van der Waals surface area contributed by atoms with Gasteiger partial charge in [0.15, 0.2) is 0 Å². The number of hydrogen-bond acceptors (Lipinski definition) is 3. The molecule has 1 rings (SSSR count). The average Bonchev–Trinajstić information content (AvgIpc) is 2.78. The molecule has 4 nitrogen and oxygen atoms in total. The predicted octanol–water partition coefficient (Wildman–Crippen LogP) is 6.59. The maximum atomic E-state index is 16.1. The molecule has 1 N–H and O–H groups in total. The number of esters is 1. The monoisotopic (exact) mass is 541 g/mol. The number of unbranched alkanes of at least 4 members (excludes halogenated alkanes) is 3. The topological polar surface area (TPSA) is 55.4 Å². The van der Waals surface area contributed by atoms with Crippen molar-refractivity contribution < 1.29 is 18.7 Å². The zero-order chi connectivity index (χ0) is 23.3. The fourth-order valence-corrected chi connectivity index (χ4v) is 18.6. The van der Waals surface area contributed by atoms with Crippen molar-refractivity contribution in [3.63, 3.8) is 0 Å². The van der Waals surface area contributed by atoms with E-state index >= 15 is 4.39 Å². The summed E-state index contributed by atoms with van der Waals surface area (Å²) in [5, 5.41) is 2.74. The summed E-state index contributed by atoms with van der Waals surface area (Å²) in [6, 6.07) is 8.65. The number of amides is 1. The molecule has 0 aliphatic heterocycles. The molecule has 0 aliphatic rings. The Morgan fingerprint density at radius 3 is 1.90 bits per heavy atom. The number of halogens is 1. The van der Waals surface area contributed by atoms with Crippen molar-refractivity contribution in [2.24, 2.45) is 0 Å². The molecule has 31 heavy (non-hydrogen) atoms. The van der Waals surface area contributed by atoms with Gasteiger partial charge in [0.2, 0.25) is 0 Å². The Kier molecular flexibility index (Phi) is 12.4. The van der Waals surface area contributed by atoms with Gasteiger partial charge in [-0.05, 0) is 0 Å². The van der Waals surface area contributed by atoms with Gasteiger partial charge in [-0.25, -0.2) is 0 Å². The predicted molar refractivity (Wildman–Crippen MR) is 128 cm³/mol. The first-order valence-corrected chi connectivity index (χ1v) is 19.1. The first-order valence-electron chi connectivity index (χ1n) is 11.6. The normalized spacial score (nSPS) is 14.1. The Balaban J connectivity index is 3.37. The van der Waals surface area contributed by atoms with E-state index < -0.39 is 35.8 Å². The zero-order valence-corrected chi connectivity index (χ0v) is 22.8. The van der Waals surface area contributed by atoms with Crippen LogP contribution in [-0.2, 0) is 9.53 Å². The fraction of sp³-hybridized carbons (Fsp3) is 0.600. The van der Waals surface area contributed by atoms with E-state index in [1.165, 1.54) is 20.1 Å². The van der Waals surface area contributed by atoms with Gasteiger partial charge in [0, 0.05) is 0 Å². The summed E-state index contributed by atoms with van der Waals surface area (Å²) in [5.41, 5.74) is -1.12. The number of hydrogen-bond donors (Lipinski definition) is 1. The number of rotatable bonds is 14. The Morgan fingerprint density at radius 1 is 1.00 bits per heavy atom. The second-order valence-corrected chi connectivity index (χ2v) is 21.6. The van der Waals surface area contributed by atoms with Gasteiger partial charge < -0.3 is 0 Å². The minimum absolute atomic E-state index is 0.106. The molecule has 0 fully saturated rings. The SMILES string of the molecule is CCC[CH2][Sn]([CH2]CCC)([CH2]CCC)/[C](F)=C/[C@@](C)(NC(=O)c1ccccc1)C(=O)OC. The van der Waals surface area contributed by atoms with E-state index in [1.54, 1.807) is 24.3 Å². The van der Waals surface area contributed by atoms with Gasteiger partial charge in [-0.1, -0.05) is 0 Å². The van der Waals surface area contributed by atoms with Crippen molar-refractivity contribution in [1.82, 2.24) is 5.32 Å². The van der Waals surface area contributed by atoms with Crippen LogP contribution in [0.25, 0.3) is 0 Å². The van der Waals surface area contributed by atoms with E-state index in [0.29, 0.717) is 5.56 Å². The maximum absolute atomic E-state index is 16.1. The van der Waals surface area contributed by atoms with Crippen LogP contribution < -0.4 is 5.32 Å². The second-order valence-electron chi connectivity index (χ2n) is 8.60. The molecule has 0 aliphatic carbocycles. The number of methoxy groups -OCH3 is 1. The van der Waals surface area contributed by atoms with E-state index in [9.17, 15) is 9.59 Å². The Morgan fingerprint density at radius 2 is 1.48 bits per heavy atom. The number of ether oxygens (including phenoxy) is 1. The molecule has 1 aromatic carbocycles. The third-order valence-corrected chi connectivity index (χ3v) is 20.5. The van der Waals surface area contributed by atoms with Crippen LogP contribution >= 0.6 is 0 Å². The van der Waals surface area contributed by atoms with E-state index in [-0.39, 0.29) is 3.84 Å². The summed E-state index contributed by atoms with van der Waals surface area (Å²) < 4.78 is 23.8. The van der Waals surface area contributed by atoms with Gasteiger partial charge in [-0.3, -0.25) is 0 Å². The van der Waals surface area contributed by atoms with Crippen molar-refractivity contribution in [1.29, 1.82) is 0 Å². The van der Waals surface area contributed by atoms with Crippen LogP contribution in [-0.4, -0.2) is 42.9 Å². The van der Waals surface area contributed by atoms with Gasteiger partial charge >= 0.3 is 192 Å². The number of benzene rings is 1. The quantitative estimate of drug-likeness (QED) is 0.214. The van der Waals surface area contributed by atoms with Crippen molar-refractivity contribution in [2.45, 2.75) is 85.1 Å².